The number of nitrogens with one attached hydrogen (secondary N) is 1. The molecule has 1 heterocycles. The molecular weight excluding hydrogens is 345 g/mol. The van der Waals surface area contributed by atoms with Gasteiger partial charge in [0.15, 0.2) is 0 Å². The molecule has 1 aromatic rings. The molecule has 2 atom stereocenters. The van der Waals surface area contributed by atoms with E-state index in [0.29, 0.717) is 5.56 Å². The molecule has 0 spiro atoms. The highest BCUT2D eigenvalue weighted by Crippen LogP contribution is 2.32. The minimum absolute atomic E-state index is 0.275. The number of carbonyl (C=O) groups excluding carboxylic acids is 2. The van der Waals surface area contributed by atoms with Crippen molar-refractivity contribution in [1.82, 2.24) is 5.32 Å². The van der Waals surface area contributed by atoms with Gasteiger partial charge in [0.2, 0.25) is 11.8 Å². The van der Waals surface area contributed by atoms with Gasteiger partial charge in [-0.3, -0.25) is 14.9 Å². The average molecular weight is 351 g/mol. The zero-order chi connectivity index (χ0) is 11.9. The lowest BCUT2D eigenvalue weighted by Crippen LogP contribution is -2.22. The van der Waals surface area contributed by atoms with Gasteiger partial charge in [-0.05, 0) is 33.6 Å². The van der Waals surface area contributed by atoms with E-state index >= 15 is 0 Å². The van der Waals surface area contributed by atoms with Gasteiger partial charge in [0.25, 0.3) is 0 Å². The van der Waals surface area contributed by atoms with Gasteiger partial charge in [0.1, 0.15) is 10.6 Å². The molecule has 2 unspecified atom stereocenters. The van der Waals surface area contributed by atoms with E-state index in [0.717, 1.165) is 0 Å². The summed E-state index contributed by atoms with van der Waals surface area (Å²) in [5.41, 5.74) is 0.596. The van der Waals surface area contributed by atoms with Crippen LogP contribution in [0.1, 0.15) is 11.5 Å². The molecule has 0 radical (unpaired) electrons. The summed E-state index contributed by atoms with van der Waals surface area (Å²) in [7, 11) is 0. The molecule has 1 saturated heterocycles. The van der Waals surface area contributed by atoms with E-state index in [1.54, 1.807) is 0 Å². The van der Waals surface area contributed by atoms with Crippen LogP contribution >= 0.6 is 31.9 Å². The third-order valence-electron chi connectivity index (χ3n) is 2.37. The molecule has 2 rings (SSSR count). The summed E-state index contributed by atoms with van der Waals surface area (Å²) in [4.78, 5) is 22.2. The fourth-order valence-corrected chi connectivity index (χ4v) is 2.63. The Morgan fingerprint density at radius 2 is 1.94 bits per heavy atom. The van der Waals surface area contributed by atoms with Crippen molar-refractivity contribution in [1.29, 1.82) is 0 Å². The molecule has 1 aliphatic rings. The molecule has 1 aliphatic heterocycles. The number of imide groups is 1. The van der Waals surface area contributed by atoms with E-state index < -0.39 is 16.6 Å². The van der Waals surface area contributed by atoms with Gasteiger partial charge in [-0.2, -0.15) is 0 Å². The summed E-state index contributed by atoms with van der Waals surface area (Å²) in [6.07, 6.45) is 0. The molecule has 1 N–H and O–H groups in total. The standard InChI is InChI=1S/C10H6Br2FNO2/c11-5-3-4(1-2-6(5)13)7-8(12)10(16)14-9(7)15/h1-3,7-8H,(H,14,15,16). The Hall–Kier alpha value is -0.750. The van der Waals surface area contributed by atoms with E-state index in [2.05, 4.69) is 37.2 Å². The first-order chi connectivity index (χ1) is 7.50. The van der Waals surface area contributed by atoms with Gasteiger partial charge < -0.3 is 0 Å². The van der Waals surface area contributed by atoms with Crippen molar-refractivity contribution < 1.29 is 14.0 Å². The molecular formula is C10H6Br2FNO2. The number of carbonyl (C=O) groups is 2. The topological polar surface area (TPSA) is 46.2 Å². The van der Waals surface area contributed by atoms with Crippen LogP contribution in [0.25, 0.3) is 0 Å². The summed E-state index contributed by atoms with van der Waals surface area (Å²) >= 11 is 6.19. The summed E-state index contributed by atoms with van der Waals surface area (Å²) in [5, 5.41) is 2.22. The van der Waals surface area contributed by atoms with Crippen LogP contribution in [0.5, 0.6) is 0 Å². The summed E-state index contributed by atoms with van der Waals surface area (Å²) in [6.45, 7) is 0. The SMILES string of the molecule is O=C1NC(=O)C(c2ccc(F)c(Br)c2)C1Br. The Balaban J connectivity index is 2.40. The fraction of sp³-hybridized carbons (Fsp3) is 0.200. The fourth-order valence-electron chi connectivity index (χ4n) is 1.58. The first-order valence-corrected chi connectivity index (χ1v) is 6.15. The molecule has 84 valence electrons. The Kier molecular flexibility index (Phi) is 3.12. The minimum atomic E-state index is -0.607. The predicted octanol–water partition coefficient (Wildman–Crippen LogP) is 2.09. The number of alkyl halides is 1. The van der Waals surface area contributed by atoms with Crippen LogP contribution in [-0.4, -0.2) is 16.6 Å². The Bertz CT molecular complexity index is 478. The maximum absolute atomic E-state index is 13.0. The molecule has 2 amide bonds. The van der Waals surface area contributed by atoms with Gasteiger partial charge in [-0.15, -0.1) is 0 Å². The van der Waals surface area contributed by atoms with Crippen LogP contribution in [0.4, 0.5) is 4.39 Å². The normalized spacial score (nSPS) is 24.7. The lowest BCUT2D eigenvalue weighted by molar-refractivity contribution is -0.125. The van der Waals surface area contributed by atoms with E-state index in [-0.39, 0.29) is 16.3 Å². The summed E-state index contributed by atoms with van der Waals surface area (Å²) in [6, 6.07) is 4.26. The van der Waals surface area contributed by atoms with Crippen LogP contribution in [0.3, 0.4) is 0 Å². The average Bonchev–Trinajstić information content (AvgIpc) is 2.47. The Morgan fingerprint density at radius 1 is 1.25 bits per heavy atom. The largest absolute Gasteiger partial charge is 0.295 e. The van der Waals surface area contributed by atoms with Gasteiger partial charge in [-0.1, -0.05) is 22.0 Å². The number of hydrogen-bond donors (Lipinski definition) is 1. The smallest absolute Gasteiger partial charge is 0.241 e. The van der Waals surface area contributed by atoms with Gasteiger partial charge in [0, 0.05) is 0 Å². The van der Waals surface area contributed by atoms with Crippen molar-refractivity contribution in [3.05, 3.63) is 34.1 Å². The van der Waals surface area contributed by atoms with Crippen molar-refractivity contribution in [2.45, 2.75) is 10.7 Å². The van der Waals surface area contributed by atoms with Crippen LogP contribution < -0.4 is 5.32 Å². The Labute approximate surface area is 108 Å². The van der Waals surface area contributed by atoms with Gasteiger partial charge >= 0.3 is 0 Å². The van der Waals surface area contributed by atoms with E-state index in [1.165, 1.54) is 18.2 Å². The van der Waals surface area contributed by atoms with Crippen molar-refractivity contribution in [2.75, 3.05) is 0 Å². The molecule has 1 aromatic carbocycles. The second-order valence-corrected chi connectivity index (χ2v) is 5.25. The highest BCUT2D eigenvalue weighted by Gasteiger charge is 2.40. The van der Waals surface area contributed by atoms with Gasteiger partial charge in [-0.25, -0.2) is 4.39 Å². The van der Waals surface area contributed by atoms with Crippen LogP contribution in [0.2, 0.25) is 0 Å². The summed E-state index contributed by atoms with van der Waals surface area (Å²) < 4.78 is 13.3. The lowest BCUT2D eigenvalue weighted by atomic mass is 9.97. The third-order valence-corrected chi connectivity index (χ3v) is 3.93. The highest BCUT2D eigenvalue weighted by molar-refractivity contribution is 9.10. The lowest BCUT2D eigenvalue weighted by Gasteiger charge is -2.10. The number of halogens is 3. The van der Waals surface area contributed by atoms with Gasteiger partial charge in [0.05, 0.1) is 10.4 Å². The quantitative estimate of drug-likeness (QED) is 0.622. The van der Waals surface area contributed by atoms with E-state index in [4.69, 9.17) is 0 Å². The van der Waals surface area contributed by atoms with Crippen LogP contribution in [0, 0.1) is 5.82 Å². The van der Waals surface area contributed by atoms with Crippen LogP contribution in [0.15, 0.2) is 22.7 Å². The second-order valence-electron chi connectivity index (χ2n) is 3.41. The third kappa shape index (κ3) is 1.91. The summed E-state index contributed by atoms with van der Waals surface area (Å²) in [5.74, 6) is -1.75. The monoisotopic (exact) mass is 349 g/mol. The van der Waals surface area contributed by atoms with Crippen molar-refractivity contribution in [3.8, 4) is 0 Å². The predicted molar refractivity (Wildman–Crippen MR) is 62.7 cm³/mol. The molecule has 6 heteroatoms. The van der Waals surface area contributed by atoms with Crippen molar-refractivity contribution in [2.24, 2.45) is 0 Å². The molecule has 1 fully saturated rings. The zero-order valence-corrected chi connectivity index (χ0v) is 11.0. The van der Waals surface area contributed by atoms with Crippen molar-refractivity contribution >= 4 is 43.7 Å². The highest BCUT2D eigenvalue weighted by atomic mass is 79.9. The molecule has 0 saturated carbocycles. The first-order valence-electron chi connectivity index (χ1n) is 4.44. The maximum Gasteiger partial charge on any atom is 0.241 e. The number of hydrogen-bond acceptors (Lipinski definition) is 2. The second kappa shape index (κ2) is 4.25. The maximum atomic E-state index is 13.0. The van der Waals surface area contributed by atoms with Crippen molar-refractivity contribution in [3.63, 3.8) is 0 Å². The number of amides is 2. The molecule has 0 aliphatic carbocycles. The molecule has 0 bridgehead atoms. The first kappa shape index (κ1) is 11.7. The molecule has 3 nitrogen and oxygen atoms in total. The molecule has 0 aromatic heterocycles. The molecule has 16 heavy (non-hydrogen) atoms. The number of benzene rings is 1. The van der Waals surface area contributed by atoms with E-state index in [9.17, 15) is 14.0 Å². The van der Waals surface area contributed by atoms with E-state index in [1.807, 2.05) is 0 Å². The zero-order valence-electron chi connectivity index (χ0n) is 7.84. The number of rotatable bonds is 1. The minimum Gasteiger partial charge on any atom is -0.295 e. The Morgan fingerprint density at radius 3 is 2.44 bits per heavy atom. The van der Waals surface area contributed by atoms with Crippen LogP contribution in [-0.2, 0) is 9.59 Å².